The molecule has 0 aliphatic carbocycles. The van der Waals surface area contributed by atoms with Crippen LogP contribution in [0.5, 0.6) is 0 Å². The Kier molecular flexibility index (Phi) is 5.54. The number of aryl methyl sites for hydroxylation is 3. The summed E-state index contributed by atoms with van der Waals surface area (Å²) in [5, 5.41) is 3.46. The molecule has 0 fully saturated rings. The van der Waals surface area contributed by atoms with Crippen LogP contribution in [0.1, 0.15) is 43.4 Å². The minimum Gasteiger partial charge on any atom is -0.315 e. The highest BCUT2D eigenvalue weighted by molar-refractivity contribution is 5.30. The van der Waals surface area contributed by atoms with Gasteiger partial charge in [-0.3, -0.25) is 0 Å². The minimum absolute atomic E-state index is 0.612. The van der Waals surface area contributed by atoms with Crippen LogP contribution in [0.2, 0.25) is 0 Å². The lowest BCUT2D eigenvalue weighted by molar-refractivity contribution is 0.557. The first kappa shape index (κ1) is 13.2. The average Bonchev–Trinajstić information content (AvgIpc) is 2.20. The summed E-state index contributed by atoms with van der Waals surface area (Å²) in [5.74, 6) is 0. The first-order chi connectivity index (χ1) is 7.59. The van der Waals surface area contributed by atoms with Gasteiger partial charge in [-0.15, -0.1) is 0 Å². The van der Waals surface area contributed by atoms with E-state index in [0.717, 1.165) is 6.54 Å². The quantitative estimate of drug-likeness (QED) is 0.721. The van der Waals surface area contributed by atoms with E-state index in [1.54, 1.807) is 0 Å². The summed E-state index contributed by atoms with van der Waals surface area (Å²) >= 11 is 0. The summed E-state index contributed by atoms with van der Waals surface area (Å²) in [6.07, 6.45) is 3.76. The van der Waals surface area contributed by atoms with Gasteiger partial charge in [0.25, 0.3) is 0 Å². The molecule has 0 aromatic heterocycles. The maximum absolute atomic E-state index is 3.46. The number of benzene rings is 1. The van der Waals surface area contributed by atoms with Gasteiger partial charge >= 0.3 is 0 Å². The van der Waals surface area contributed by atoms with E-state index in [-0.39, 0.29) is 0 Å². The van der Waals surface area contributed by atoms with Crippen LogP contribution in [0, 0.1) is 13.8 Å². The lowest BCUT2D eigenvalue weighted by atomic mass is 10.0. The van der Waals surface area contributed by atoms with Crippen molar-refractivity contribution < 1.29 is 0 Å². The normalized spacial score (nSPS) is 11.1. The highest BCUT2D eigenvalue weighted by Gasteiger charge is 1.98. The smallest absolute Gasteiger partial charge is 0.00103 e. The molecule has 1 nitrogen and oxygen atoms in total. The Bertz CT molecular complexity index is 315. The predicted octanol–water partition coefficient (Wildman–Crippen LogP) is 3.62. The average molecular weight is 219 g/mol. The third-order valence-corrected chi connectivity index (χ3v) is 2.92. The zero-order chi connectivity index (χ0) is 12.0. The third-order valence-electron chi connectivity index (χ3n) is 2.92. The fourth-order valence-corrected chi connectivity index (χ4v) is 1.96. The number of hydrogen-bond acceptors (Lipinski definition) is 1. The van der Waals surface area contributed by atoms with Crippen molar-refractivity contribution >= 4 is 0 Å². The molecule has 0 saturated heterocycles. The van der Waals surface area contributed by atoms with Crippen molar-refractivity contribution in [2.45, 2.75) is 53.0 Å². The molecular formula is C15H25N. The van der Waals surface area contributed by atoms with Crippen molar-refractivity contribution in [1.29, 1.82) is 0 Å². The second-order valence-electron chi connectivity index (χ2n) is 5.00. The Labute approximate surface area is 100 Å². The van der Waals surface area contributed by atoms with Gasteiger partial charge < -0.3 is 5.32 Å². The molecule has 0 amide bonds. The maximum Gasteiger partial charge on any atom is 0.00103 e. The molecular weight excluding hydrogens is 194 g/mol. The van der Waals surface area contributed by atoms with Gasteiger partial charge in [-0.25, -0.2) is 0 Å². The summed E-state index contributed by atoms with van der Waals surface area (Å²) in [6, 6.07) is 7.39. The molecule has 0 heterocycles. The van der Waals surface area contributed by atoms with Gasteiger partial charge in [0.1, 0.15) is 0 Å². The first-order valence-corrected chi connectivity index (χ1v) is 6.39. The standard InChI is InChI=1S/C15H25N/c1-12(2)16-10-6-5-7-15-9-8-13(3)11-14(15)4/h8-9,11-12,16H,5-7,10H2,1-4H3. The van der Waals surface area contributed by atoms with E-state index in [0.29, 0.717) is 6.04 Å². The topological polar surface area (TPSA) is 12.0 Å². The lowest BCUT2D eigenvalue weighted by Crippen LogP contribution is -2.23. The second-order valence-corrected chi connectivity index (χ2v) is 5.00. The van der Waals surface area contributed by atoms with Crippen molar-refractivity contribution in [2.75, 3.05) is 6.54 Å². The number of unbranched alkanes of at least 4 members (excludes halogenated alkanes) is 1. The van der Waals surface area contributed by atoms with Crippen molar-refractivity contribution in [3.63, 3.8) is 0 Å². The third kappa shape index (κ3) is 4.80. The van der Waals surface area contributed by atoms with Crippen LogP contribution in [0.3, 0.4) is 0 Å². The summed E-state index contributed by atoms with van der Waals surface area (Å²) in [5.41, 5.74) is 4.31. The molecule has 1 N–H and O–H groups in total. The Balaban J connectivity index is 2.27. The van der Waals surface area contributed by atoms with E-state index < -0.39 is 0 Å². The van der Waals surface area contributed by atoms with Crippen molar-refractivity contribution in [3.05, 3.63) is 34.9 Å². The summed E-state index contributed by atoms with van der Waals surface area (Å²) in [7, 11) is 0. The molecule has 0 aliphatic heterocycles. The fourth-order valence-electron chi connectivity index (χ4n) is 1.96. The molecule has 0 aliphatic rings. The molecule has 1 aromatic rings. The predicted molar refractivity (Wildman–Crippen MR) is 72.0 cm³/mol. The zero-order valence-corrected chi connectivity index (χ0v) is 11.1. The first-order valence-electron chi connectivity index (χ1n) is 6.39. The Morgan fingerprint density at radius 1 is 1.12 bits per heavy atom. The van der Waals surface area contributed by atoms with Gasteiger partial charge in [-0.1, -0.05) is 37.6 Å². The SMILES string of the molecule is Cc1ccc(CCCCNC(C)C)c(C)c1. The van der Waals surface area contributed by atoms with Crippen LogP contribution >= 0.6 is 0 Å². The van der Waals surface area contributed by atoms with E-state index in [2.05, 4.69) is 51.2 Å². The highest BCUT2D eigenvalue weighted by Crippen LogP contribution is 2.13. The molecule has 0 spiro atoms. The van der Waals surface area contributed by atoms with Crippen LogP contribution in [-0.2, 0) is 6.42 Å². The molecule has 0 bridgehead atoms. The van der Waals surface area contributed by atoms with Gasteiger partial charge in [0.05, 0.1) is 0 Å². The van der Waals surface area contributed by atoms with Crippen LogP contribution < -0.4 is 5.32 Å². The van der Waals surface area contributed by atoms with Crippen molar-refractivity contribution in [1.82, 2.24) is 5.32 Å². The molecule has 0 radical (unpaired) electrons. The van der Waals surface area contributed by atoms with Gasteiger partial charge in [0.15, 0.2) is 0 Å². The fraction of sp³-hybridized carbons (Fsp3) is 0.600. The van der Waals surface area contributed by atoms with Crippen LogP contribution in [0.25, 0.3) is 0 Å². The van der Waals surface area contributed by atoms with E-state index in [1.807, 2.05) is 0 Å². The van der Waals surface area contributed by atoms with Gasteiger partial charge in [-0.2, -0.15) is 0 Å². The zero-order valence-electron chi connectivity index (χ0n) is 11.1. The summed E-state index contributed by atoms with van der Waals surface area (Å²) in [6.45, 7) is 9.91. The second kappa shape index (κ2) is 6.70. The van der Waals surface area contributed by atoms with Crippen LogP contribution in [0.15, 0.2) is 18.2 Å². The van der Waals surface area contributed by atoms with Gasteiger partial charge in [0.2, 0.25) is 0 Å². The molecule has 1 heteroatoms. The molecule has 0 unspecified atom stereocenters. The molecule has 16 heavy (non-hydrogen) atoms. The van der Waals surface area contributed by atoms with Crippen LogP contribution in [-0.4, -0.2) is 12.6 Å². The molecule has 0 atom stereocenters. The molecule has 0 saturated carbocycles. The number of hydrogen-bond donors (Lipinski definition) is 1. The Morgan fingerprint density at radius 2 is 1.88 bits per heavy atom. The van der Waals surface area contributed by atoms with Crippen LogP contribution in [0.4, 0.5) is 0 Å². The minimum atomic E-state index is 0.612. The summed E-state index contributed by atoms with van der Waals surface area (Å²) in [4.78, 5) is 0. The number of nitrogens with one attached hydrogen (secondary N) is 1. The number of rotatable bonds is 6. The van der Waals surface area contributed by atoms with E-state index in [1.165, 1.54) is 36.0 Å². The largest absolute Gasteiger partial charge is 0.315 e. The Morgan fingerprint density at radius 3 is 2.50 bits per heavy atom. The van der Waals surface area contributed by atoms with Gasteiger partial charge in [0, 0.05) is 6.04 Å². The van der Waals surface area contributed by atoms with Crippen molar-refractivity contribution in [2.24, 2.45) is 0 Å². The van der Waals surface area contributed by atoms with E-state index in [9.17, 15) is 0 Å². The molecule has 1 rings (SSSR count). The summed E-state index contributed by atoms with van der Waals surface area (Å²) < 4.78 is 0. The highest BCUT2D eigenvalue weighted by atomic mass is 14.9. The molecule has 1 aromatic carbocycles. The molecule has 90 valence electrons. The van der Waals surface area contributed by atoms with E-state index in [4.69, 9.17) is 0 Å². The maximum atomic E-state index is 3.46. The van der Waals surface area contributed by atoms with Gasteiger partial charge in [-0.05, 0) is 50.8 Å². The lowest BCUT2D eigenvalue weighted by Gasteiger charge is -2.09. The van der Waals surface area contributed by atoms with Crippen molar-refractivity contribution in [3.8, 4) is 0 Å². The monoisotopic (exact) mass is 219 g/mol. The Hall–Kier alpha value is -0.820. The van der Waals surface area contributed by atoms with E-state index >= 15 is 0 Å².